The number of nitrogens with one attached hydrogen (secondary N) is 1. The van der Waals surface area contributed by atoms with Crippen LogP contribution in [-0.2, 0) is 10.0 Å². The van der Waals surface area contributed by atoms with Crippen LogP contribution in [0.1, 0.15) is 19.8 Å². The number of hydrogen-bond acceptors (Lipinski definition) is 5. The van der Waals surface area contributed by atoms with Crippen LogP contribution in [0.5, 0.6) is 0 Å². The highest BCUT2D eigenvalue weighted by atomic mass is 35.5. The first-order valence-corrected chi connectivity index (χ1v) is 7.18. The highest BCUT2D eigenvalue weighted by molar-refractivity contribution is 7.91. The van der Waals surface area contributed by atoms with E-state index < -0.39 is 10.0 Å². The molecule has 1 unspecified atom stereocenters. The van der Waals surface area contributed by atoms with Crippen LogP contribution in [0.25, 0.3) is 0 Å². The second-order valence-corrected chi connectivity index (χ2v) is 6.57. The van der Waals surface area contributed by atoms with Crippen molar-refractivity contribution in [2.75, 3.05) is 0 Å². The van der Waals surface area contributed by atoms with E-state index in [0.29, 0.717) is 6.42 Å². The van der Waals surface area contributed by atoms with Gasteiger partial charge in [0, 0.05) is 6.04 Å². The van der Waals surface area contributed by atoms with Gasteiger partial charge < -0.3 is 0 Å². The van der Waals surface area contributed by atoms with Crippen LogP contribution >= 0.6 is 22.9 Å². The van der Waals surface area contributed by atoms with Crippen molar-refractivity contribution in [2.24, 2.45) is 0 Å². The molecule has 1 atom stereocenters. The van der Waals surface area contributed by atoms with Gasteiger partial charge in [-0.3, -0.25) is 0 Å². The monoisotopic (exact) mass is 279 g/mol. The molecule has 0 saturated carbocycles. The largest absolute Gasteiger partial charge is 0.251 e. The Kier molecular flexibility index (Phi) is 4.68. The zero-order chi connectivity index (χ0) is 12.2. The molecule has 0 aromatic carbocycles. The molecule has 0 bridgehead atoms. The summed E-state index contributed by atoms with van der Waals surface area (Å²) < 4.78 is 26.2. The molecule has 1 heterocycles. The predicted octanol–water partition coefficient (Wildman–Crippen LogP) is 1.77. The van der Waals surface area contributed by atoms with Crippen molar-refractivity contribution in [3.05, 3.63) is 10.7 Å². The summed E-state index contributed by atoms with van der Waals surface area (Å²) in [5.41, 5.74) is 0. The molecule has 16 heavy (non-hydrogen) atoms. The van der Waals surface area contributed by atoms with Crippen LogP contribution in [0.2, 0.25) is 4.47 Å². The van der Waals surface area contributed by atoms with Gasteiger partial charge in [-0.15, -0.1) is 0 Å². The van der Waals surface area contributed by atoms with Crippen LogP contribution in [0.4, 0.5) is 0 Å². The lowest BCUT2D eigenvalue weighted by Gasteiger charge is -2.12. The molecule has 0 spiro atoms. The van der Waals surface area contributed by atoms with E-state index in [1.54, 1.807) is 0 Å². The Morgan fingerprint density at radius 2 is 2.44 bits per heavy atom. The van der Waals surface area contributed by atoms with Crippen molar-refractivity contribution < 1.29 is 8.42 Å². The first-order valence-electron chi connectivity index (χ1n) is 4.50. The summed E-state index contributed by atoms with van der Waals surface area (Å²) in [6.45, 7) is 1.81. The van der Waals surface area contributed by atoms with Crippen molar-refractivity contribution in [3.8, 4) is 6.07 Å². The third-order valence-electron chi connectivity index (χ3n) is 1.87. The van der Waals surface area contributed by atoms with Crippen LogP contribution in [0.3, 0.4) is 0 Å². The van der Waals surface area contributed by atoms with Gasteiger partial charge >= 0.3 is 0 Å². The van der Waals surface area contributed by atoms with E-state index in [1.165, 1.54) is 6.20 Å². The Balaban J connectivity index is 2.83. The zero-order valence-corrected chi connectivity index (χ0v) is 10.9. The van der Waals surface area contributed by atoms with Crippen molar-refractivity contribution in [2.45, 2.75) is 30.0 Å². The fourth-order valence-electron chi connectivity index (χ4n) is 1.02. The number of nitrogens with zero attached hydrogens (tertiary/aromatic N) is 2. The fourth-order valence-corrected chi connectivity index (χ4v) is 3.65. The molecule has 5 nitrogen and oxygen atoms in total. The number of hydrogen-bond donors (Lipinski definition) is 1. The quantitative estimate of drug-likeness (QED) is 0.890. The lowest BCUT2D eigenvalue weighted by molar-refractivity contribution is 0.544. The minimum atomic E-state index is -3.60. The van der Waals surface area contributed by atoms with Crippen LogP contribution < -0.4 is 4.72 Å². The predicted molar refractivity (Wildman–Crippen MR) is 61.8 cm³/mol. The Hall–Kier alpha value is -0.680. The standard InChI is InChI=1S/C8H10ClN3O2S2/c1-2-6(3-4-10)12-16(13,14)7-5-11-8(9)15-7/h5-6,12H,2-3H2,1H3. The Morgan fingerprint density at radius 1 is 1.75 bits per heavy atom. The number of halogens is 1. The Morgan fingerprint density at radius 3 is 2.88 bits per heavy atom. The average Bonchev–Trinajstić information content (AvgIpc) is 2.64. The third kappa shape index (κ3) is 3.42. The first kappa shape index (κ1) is 13.4. The number of aromatic nitrogens is 1. The van der Waals surface area contributed by atoms with Crippen LogP contribution in [0.15, 0.2) is 10.4 Å². The normalized spacial score (nSPS) is 13.3. The van der Waals surface area contributed by atoms with Gasteiger partial charge in [0.2, 0.25) is 0 Å². The zero-order valence-electron chi connectivity index (χ0n) is 8.47. The first-order chi connectivity index (χ1) is 7.49. The molecule has 8 heteroatoms. The number of thiazole rings is 1. The maximum atomic E-state index is 11.8. The smallest absolute Gasteiger partial charge is 0.232 e. The van der Waals surface area contributed by atoms with E-state index in [-0.39, 0.29) is 21.1 Å². The van der Waals surface area contributed by atoms with Gasteiger partial charge in [-0.25, -0.2) is 18.1 Å². The Labute approximate surface area is 103 Å². The maximum Gasteiger partial charge on any atom is 0.251 e. The summed E-state index contributed by atoms with van der Waals surface area (Å²) in [7, 11) is -3.60. The van der Waals surface area contributed by atoms with Gasteiger partial charge in [-0.1, -0.05) is 29.9 Å². The van der Waals surface area contributed by atoms with E-state index >= 15 is 0 Å². The summed E-state index contributed by atoms with van der Waals surface area (Å²) in [5.74, 6) is 0. The Bertz CT molecular complexity index is 492. The van der Waals surface area contributed by atoms with Gasteiger partial charge in [0.1, 0.15) is 0 Å². The molecule has 1 aromatic heterocycles. The van der Waals surface area contributed by atoms with Gasteiger partial charge in [-0.2, -0.15) is 5.26 Å². The molecule has 0 fully saturated rings. The molecule has 88 valence electrons. The molecule has 0 aliphatic rings. The summed E-state index contributed by atoms with van der Waals surface area (Å²) >= 11 is 6.45. The number of nitriles is 1. The van der Waals surface area contributed by atoms with E-state index in [0.717, 1.165) is 11.3 Å². The third-order valence-corrected chi connectivity index (χ3v) is 4.97. The maximum absolute atomic E-state index is 11.8. The summed E-state index contributed by atoms with van der Waals surface area (Å²) in [5, 5.41) is 8.52. The molecule has 0 amide bonds. The second-order valence-electron chi connectivity index (χ2n) is 3.02. The van der Waals surface area contributed by atoms with Gasteiger partial charge in [0.05, 0.1) is 18.7 Å². The van der Waals surface area contributed by atoms with Gasteiger partial charge in [-0.05, 0) is 6.42 Å². The second kappa shape index (κ2) is 5.59. The van der Waals surface area contributed by atoms with Crippen molar-refractivity contribution in [1.82, 2.24) is 9.71 Å². The highest BCUT2D eigenvalue weighted by Gasteiger charge is 2.21. The van der Waals surface area contributed by atoms with E-state index in [9.17, 15) is 8.42 Å². The number of rotatable bonds is 5. The molecular formula is C8H10ClN3O2S2. The fraction of sp³-hybridized carbons (Fsp3) is 0.500. The van der Waals surface area contributed by atoms with Gasteiger partial charge in [0.25, 0.3) is 10.0 Å². The van der Waals surface area contributed by atoms with Crippen molar-refractivity contribution in [1.29, 1.82) is 5.26 Å². The summed E-state index contributed by atoms with van der Waals surface area (Å²) in [6, 6.07) is 1.55. The molecule has 1 aromatic rings. The molecule has 0 aliphatic heterocycles. The SMILES string of the molecule is CCC(CC#N)NS(=O)(=O)c1cnc(Cl)s1. The van der Waals surface area contributed by atoms with E-state index in [4.69, 9.17) is 16.9 Å². The lowest BCUT2D eigenvalue weighted by atomic mass is 10.2. The molecule has 0 saturated heterocycles. The van der Waals surface area contributed by atoms with Gasteiger partial charge in [0.15, 0.2) is 8.68 Å². The van der Waals surface area contributed by atoms with Crippen LogP contribution in [-0.4, -0.2) is 19.4 Å². The number of sulfonamides is 1. The van der Waals surface area contributed by atoms with Crippen LogP contribution in [0, 0.1) is 11.3 Å². The average molecular weight is 280 g/mol. The minimum Gasteiger partial charge on any atom is -0.232 e. The minimum absolute atomic E-state index is 0.0638. The topological polar surface area (TPSA) is 82.9 Å². The highest BCUT2D eigenvalue weighted by Crippen LogP contribution is 2.22. The molecule has 1 rings (SSSR count). The molecule has 0 aliphatic carbocycles. The molecule has 1 N–H and O–H groups in total. The van der Waals surface area contributed by atoms with E-state index in [1.807, 2.05) is 13.0 Å². The summed E-state index contributed by atoms with van der Waals surface area (Å²) in [6.07, 6.45) is 1.90. The van der Waals surface area contributed by atoms with Crippen molar-refractivity contribution in [3.63, 3.8) is 0 Å². The molecular weight excluding hydrogens is 270 g/mol. The molecule has 0 radical (unpaired) electrons. The van der Waals surface area contributed by atoms with E-state index in [2.05, 4.69) is 9.71 Å². The van der Waals surface area contributed by atoms with Crippen molar-refractivity contribution >= 4 is 33.0 Å². The summed E-state index contributed by atoms with van der Waals surface area (Å²) in [4.78, 5) is 3.66. The lowest BCUT2D eigenvalue weighted by Crippen LogP contribution is -2.33.